The van der Waals surface area contributed by atoms with Crippen molar-refractivity contribution in [2.45, 2.75) is 6.92 Å². The van der Waals surface area contributed by atoms with Gasteiger partial charge in [0.15, 0.2) is 5.12 Å². The molecule has 0 aliphatic heterocycles. The van der Waals surface area contributed by atoms with Crippen LogP contribution in [-0.4, -0.2) is 18.3 Å². The Labute approximate surface area is 66.6 Å². The van der Waals surface area contributed by atoms with Crippen molar-refractivity contribution in [2.24, 2.45) is 0 Å². The van der Waals surface area contributed by atoms with Gasteiger partial charge in [-0.05, 0) is 0 Å². The second kappa shape index (κ2) is 5.43. The van der Waals surface area contributed by atoms with Gasteiger partial charge in [-0.25, -0.2) is 4.79 Å². The van der Waals surface area contributed by atoms with E-state index in [0.29, 0.717) is 0 Å². The lowest BCUT2D eigenvalue weighted by Gasteiger charge is -1.97. The van der Waals surface area contributed by atoms with E-state index < -0.39 is 6.09 Å². The van der Waals surface area contributed by atoms with Gasteiger partial charge in [-0.3, -0.25) is 9.52 Å². The Morgan fingerprint density at radius 1 is 1.50 bits per heavy atom. The van der Waals surface area contributed by atoms with Crippen LogP contribution in [0.1, 0.15) is 6.92 Å². The lowest BCUT2D eigenvalue weighted by atomic mass is 10.9. The first kappa shape index (κ1) is 9.64. The maximum absolute atomic E-state index is 10.3. The Morgan fingerprint density at radius 2 is 2.10 bits per heavy atom. The fraction of sp³-hybridized carbons (Fsp3) is 0.500. The summed E-state index contributed by atoms with van der Waals surface area (Å²) in [6.07, 6.45) is -0.557. The summed E-state index contributed by atoms with van der Waals surface area (Å²) < 4.78 is 6.50. The molecule has 4 nitrogen and oxygen atoms in total. The van der Waals surface area contributed by atoms with Gasteiger partial charge in [0.2, 0.25) is 0 Å². The molecule has 1 amide bonds. The minimum absolute atomic E-state index is 0.0681. The normalized spacial score (nSPS) is 8.60. The Kier molecular flexibility index (Phi) is 5.23. The van der Waals surface area contributed by atoms with Crippen LogP contribution in [0.3, 0.4) is 0 Å². The van der Waals surface area contributed by atoms with Crippen molar-refractivity contribution in [3.8, 4) is 0 Å². The van der Waals surface area contributed by atoms with Crippen LogP contribution in [0.15, 0.2) is 0 Å². The Morgan fingerprint density at radius 3 is 2.50 bits per heavy atom. The van der Waals surface area contributed by atoms with E-state index in [1.807, 2.05) is 0 Å². The predicted molar refractivity (Wildman–Crippen MR) is 41.4 cm³/mol. The van der Waals surface area contributed by atoms with E-state index >= 15 is 0 Å². The van der Waals surface area contributed by atoms with Crippen molar-refractivity contribution >= 4 is 33.0 Å². The molecular weight excluding hydrogens is 174 g/mol. The topological polar surface area (TPSA) is 55.4 Å². The standard InChI is InChI=1S/C4H7NO3S2/c1-3(6)9-10-5-4(7)8-2/h1-2H3,(H,5,7). The van der Waals surface area contributed by atoms with Gasteiger partial charge in [-0.15, -0.1) is 0 Å². The molecule has 0 spiro atoms. The molecule has 1 N–H and O–H groups in total. The third kappa shape index (κ3) is 5.77. The molecule has 0 aliphatic carbocycles. The zero-order chi connectivity index (χ0) is 7.98. The van der Waals surface area contributed by atoms with E-state index in [0.717, 1.165) is 21.8 Å². The fourth-order valence-corrected chi connectivity index (χ4v) is 1.15. The van der Waals surface area contributed by atoms with Gasteiger partial charge in [0, 0.05) is 28.7 Å². The molecule has 6 heteroatoms. The molecule has 0 atom stereocenters. The van der Waals surface area contributed by atoms with Crippen molar-refractivity contribution in [3.63, 3.8) is 0 Å². The molecule has 0 rings (SSSR count). The molecule has 0 bridgehead atoms. The second-order valence-corrected chi connectivity index (χ2v) is 3.36. The highest BCUT2D eigenvalue weighted by Crippen LogP contribution is 2.17. The van der Waals surface area contributed by atoms with E-state index in [9.17, 15) is 9.59 Å². The highest BCUT2D eigenvalue weighted by Gasteiger charge is 1.99. The fourth-order valence-electron chi connectivity index (χ4n) is 0.155. The number of carbonyl (C=O) groups is 2. The molecule has 58 valence electrons. The van der Waals surface area contributed by atoms with Crippen LogP contribution in [0.2, 0.25) is 0 Å². The summed E-state index contributed by atoms with van der Waals surface area (Å²) in [7, 11) is 3.14. The molecule has 0 radical (unpaired) electrons. The summed E-state index contributed by atoms with van der Waals surface area (Å²) in [6, 6.07) is 0. The molecule has 0 heterocycles. The maximum atomic E-state index is 10.3. The van der Waals surface area contributed by atoms with Crippen LogP contribution in [0.4, 0.5) is 4.79 Å². The van der Waals surface area contributed by atoms with Crippen molar-refractivity contribution in [1.82, 2.24) is 4.72 Å². The molecule has 0 aromatic rings. The number of ether oxygens (including phenoxy) is 1. The van der Waals surface area contributed by atoms with Gasteiger partial charge >= 0.3 is 6.09 Å². The average Bonchev–Trinajstić information content (AvgIpc) is 1.87. The Hall–Kier alpha value is -0.360. The van der Waals surface area contributed by atoms with Crippen molar-refractivity contribution in [2.75, 3.05) is 7.11 Å². The lowest BCUT2D eigenvalue weighted by molar-refractivity contribution is -0.109. The van der Waals surface area contributed by atoms with Crippen LogP contribution in [0.25, 0.3) is 0 Å². The minimum Gasteiger partial charge on any atom is -0.452 e. The molecule has 0 fully saturated rings. The summed E-state index contributed by atoms with van der Waals surface area (Å²) in [5.41, 5.74) is 0. The number of amides is 1. The van der Waals surface area contributed by atoms with Gasteiger partial charge in [0.1, 0.15) is 0 Å². The minimum atomic E-state index is -0.557. The SMILES string of the molecule is COC(=O)NSSC(C)=O. The van der Waals surface area contributed by atoms with Gasteiger partial charge in [-0.1, -0.05) is 0 Å². The van der Waals surface area contributed by atoms with Crippen LogP contribution < -0.4 is 4.72 Å². The van der Waals surface area contributed by atoms with Crippen LogP contribution in [0, 0.1) is 0 Å². The van der Waals surface area contributed by atoms with E-state index in [-0.39, 0.29) is 5.12 Å². The largest absolute Gasteiger partial charge is 0.452 e. The average molecular weight is 181 g/mol. The van der Waals surface area contributed by atoms with Crippen LogP contribution >= 0.6 is 21.8 Å². The zero-order valence-corrected chi connectivity index (χ0v) is 7.17. The summed E-state index contributed by atoms with van der Waals surface area (Å²) in [5.74, 6) is 0. The summed E-state index contributed by atoms with van der Waals surface area (Å²) >= 11 is 0. The molecule has 0 saturated heterocycles. The van der Waals surface area contributed by atoms with Crippen LogP contribution in [0.5, 0.6) is 0 Å². The van der Waals surface area contributed by atoms with Crippen LogP contribution in [-0.2, 0) is 9.53 Å². The molecule has 0 saturated carbocycles. The first-order valence-electron chi connectivity index (χ1n) is 2.35. The van der Waals surface area contributed by atoms with Crippen molar-refractivity contribution < 1.29 is 14.3 Å². The van der Waals surface area contributed by atoms with Gasteiger partial charge in [-0.2, -0.15) is 0 Å². The lowest BCUT2D eigenvalue weighted by Crippen LogP contribution is -2.13. The first-order valence-corrected chi connectivity index (χ1v) is 4.50. The smallest absolute Gasteiger partial charge is 0.417 e. The number of hydrogen-bond donors (Lipinski definition) is 1. The summed E-state index contributed by atoms with van der Waals surface area (Å²) in [4.78, 5) is 20.6. The van der Waals surface area contributed by atoms with Gasteiger partial charge < -0.3 is 4.74 Å². The van der Waals surface area contributed by atoms with Crippen molar-refractivity contribution in [3.05, 3.63) is 0 Å². The molecule has 10 heavy (non-hydrogen) atoms. The van der Waals surface area contributed by atoms with E-state index in [1.165, 1.54) is 14.0 Å². The van der Waals surface area contributed by atoms with Crippen molar-refractivity contribution in [1.29, 1.82) is 0 Å². The number of carbonyl (C=O) groups excluding carboxylic acids is 2. The quantitative estimate of drug-likeness (QED) is 0.512. The predicted octanol–water partition coefficient (Wildman–Crippen LogP) is 1.19. The molecule has 0 aromatic carbocycles. The third-order valence-corrected chi connectivity index (χ3v) is 2.24. The molecule has 0 aliphatic rings. The monoisotopic (exact) mass is 181 g/mol. The van der Waals surface area contributed by atoms with E-state index in [4.69, 9.17) is 0 Å². The number of nitrogens with one attached hydrogen (secondary N) is 1. The van der Waals surface area contributed by atoms with E-state index in [2.05, 4.69) is 9.46 Å². The third-order valence-electron chi connectivity index (χ3n) is 0.469. The molecule has 0 unspecified atom stereocenters. The Bertz CT molecular complexity index is 138. The van der Waals surface area contributed by atoms with E-state index in [1.54, 1.807) is 0 Å². The number of rotatable bonds is 2. The summed E-state index contributed by atoms with van der Waals surface area (Å²) in [6.45, 7) is 1.41. The highest BCUT2D eigenvalue weighted by molar-refractivity contribution is 8.81. The first-order chi connectivity index (χ1) is 4.66. The zero-order valence-electron chi connectivity index (χ0n) is 5.54. The molecule has 0 aromatic heterocycles. The second-order valence-electron chi connectivity index (χ2n) is 1.25. The highest BCUT2D eigenvalue weighted by atomic mass is 33.1. The van der Waals surface area contributed by atoms with Gasteiger partial charge in [0.25, 0.3) is 0 Å². The number of hydrogen-bond acceptors (Lipinski definition) is 5. The summed E-state index contributed by atoms with van der Waals surface area (Å²) in [5, 5.41) is -0.0681. The molecular formula is C4H7NO3S2. The number of methoxy groups -OCH3 is 1. The maximum Gasteiger partial charge on any atom is 0.417 e. The Balaban J connectivity index is 3.20. The van der Waals surface area contributed by atoms with Gasteiger partial charge in [0.05, 0.1) is 7.11 Å².